The summed E-state index contributed by atoms with van der Waals surface area (Å²) in [7, 11) is 4.26. The summed E-state index contributed by atoms with van der Waals surface area (Å²) < 4.78 is 8.79. The van der Waals surface area contributed by atoms with Crippen molar-refractivity contribution in [2.24, 2.45) is 0 Å². The van der Waals surface area contributed by atoms with E-state index >= 15 is 0 Å². The smallest absolute Gasteiger partial charge is 0.112 e. The van der Waals surface area contributed by atoms with E-state index in [0.29, 0.717) is 6.17 Å². The molecule has 1 aromatic rings. The predicted molar refractivity (Wildman–Crippen MR) is 112 cm³/mol. The van der Waals surface area contributed by atoms with Crippen LogP contribution in [0.1, 0.15) is 57.2 Å². The lowest BCUT2D eigenvalue weighted by molar-refractivity contribution is -0.0462. The van der Waals surface area contributed by atoms with Gasteiger partial charge in [0, 0.05) is 38.6 Å². The van der Waals surface area contributed by atoms with Crippen LogP contribution in [0.5, 0.6) is 0 Å². The summed E-state index contributed by atoms with van der Waals surface area (Å²) in [6, 6.07) is 2.26. The fourth-order valence-corrected chi connectivity index (χ4v) is 4.63. The summed E-state index contributed by atoms with van der Waals surface area (Å²) in [5.41, 5.74) is 1.38. The lowest BCUT2D eigenvalue weighted by Gasteiger charge is -2.39. The number of hydrogen-bond acceptors (Lipinski definition) is 4. The van der Waals surface area contributed by atoms with Crippen LogP contribution in [-0.2, 0) is 11.3 Å². The van der Waals surface area contributed by atoms with Gasteiger partial charge < -0.3 is 19.1 Å². The van der Waals surface area contributed by atoms with Crippen molar-refractivity contribution in [1.29, 1.82) is 0 Å². The second-order valence-corrected chi connectivity index (χ2v) is 8.69. The van der Waals surface area contributed by atoms with E-state index < -0.39 is 0 Å². The Balaban J connectivity index is 1.60. The van der Waals surface area contributed by atoms with Gasteiger partial charge in [-0.25, -0.2) is 0 Å². The number of nitrogens with zero attached hydrogens (tertiary/aromatic N) is 4. The molecule has 0 saturated carbocycles. The van der Waals surface area contributed by atoms with Crippen molar-refractivity contribution in [2.45, 2.75) is 64.3 Å². The molecule has 0 aromatic carbocycles. The number of hydrogen-bond donors (Lipinski definition) is 0. The Bertz CT molecular complexity index is 532. The molecule has 0 bridgehead atoms. The van der Waals surface area contributed by atoms with Gasteiger partial charge in [0.15, 0.2) is 0 Å². The molecule has 0 amide bonds. The van der Waals surface area contributed by atoms with Crippen LogP contribution in [0.2, 0.25) is 0 Å². The zero-order valence-electron chi connectivity index (χ0n) is 17.8. The fourth-order valence-electron chi connectivity index (χ4n) is 4.63. The van der Waals surface area contributed by atoms with E-state index in [0.717, 1.165) is 19.7 Å². The number of piperidine rings is 2. The van der Waals surface area contributed by atoms with E-state index in [2.05, 4.69) is 58.7 Å². The first-order valence-corrected chi connectivity index (χ1v) is 11.0. The molecule has 3 rings (SSSR count). The molecule has 0 spiro atoms. The lowest BCUT2D eigenvalue weighted by Crippen LogP contribution is -2.43. The van der Waals surface area contributed by atoms with Crippen LogP contribution >= 0.6 is 0 Å². The Morgan fingerprint density at radius 2 is 1.67 bits per heavy atom. The number of rotatable bonds is 9. The van der Waals surface area contributed by atoms with Gasteiger partial charge in [0.1, 0.15) is 6.17 Å². The molecule has 5 heteroatoms. The summed E-state index contributed by atoms with van der Waals surface area (Å²) in [4.78, 5) is 7.43. The molecule has 5 nitrogen and oxygen atoms in total. The second kappa shape index (κ2) is 10.6. The molecular formula is C22H40N4O. The average molecular weight is 377 g/mol. The summed E-state index contributed by atoms with van der Waals surface area (Å²) >= 11 is 0. The normalized spacial score (nSPS) is 22.2. The largest absolute Gasteiger partial charge is 0.374 e. The van der Waals surface area contributed by atoms with Crippen molar-refractivity contribution < 1.29 is 4.74 Å². The molecule has 27 heavy (non-hydrogen) atoms. The van der Waals surface area contributed by atoms with E-state index in [9.17, 15) is 0 Å². The highest BCUT2D eigenvalue weighted by molar-refractivity contribution is 5.11. The van der Waals surface area contributed by atoms with E-state index in [4.69, 9.17) is 4.74 Å². The monoisotopic (exact) mass is 376 g/mol. The third-order valence-corrected chi connectivity index (χ3v) is 6.00. The highest BCUT2D eigenvalue weighted by atomic mass is 16.5. The predicted octanol–water partition coefficient (Wildman–Crippen LogP) is 3.43. The lowest BCUT2D eigenvalue weighted by atomic mass is 10.1. The van der Waals surface area contributed by atoms with Gasteiger partial charge in [-0.05, 0) is 71.4 Å². The molecule has 2 saturated heterocycles. The molecule has 2 aliphatic heterocycles. The van der Waals surface area contributed by atoms with Gasteiger partial charge in [0.05, 0.1) is 12.7 Å². The molecular weight excluding hydrogens is 336 g/mol. The van der Waals surface area contributed by atoms with E-state index in [1.807, 2.05) is 0 Å². The van der Waals surface area contributed by atoms with E-state index in [1.165, 1.54) is 70.3 Å². The summed E-state index contributed by atoms with van der Waals surface area (Å²) in [5, 5.41) is 0. The maximum atomic E-state index is 6.39. The van der Waals surface area contributed by atoms with Crippen LogP contribution in [0, 0.1) is 0 Å². The van der Waals surface area contributed by atoms with Gasteiger partial charge in [-0.3, -0.25) is 4.90 Å². The number of ether oxygens (including phenoxy) is 1. The van der Waals surface area contributed by atoms with Crippen molar-refractivity contribution >= 4 is 0 Å². The first kappa shape index (κ1) is 20.8. The molecule has 0 radical (unpaired) electrons. The van der Waals surface area contributed by atoms with Gasteiger partial charge in [-0.2, -0.15) is 0 Å². The molecule has 2 unspecified atom stereocenters. The van der Waals surface area contributed by atoms with Crippen LogP contribution in [-0.4, -0.2) is 78.8 Å². The molecule has 3 heterocycles. The molecule has 2 fully saturated rings. The van der Waals surface area contributed by atoms with Gasteiger partial charge in [-0.1, -0.05) is 12.8 Å². The highest BCUT2D eigenvalue weighted by Crippen LogP contribution is 2.25. The van der Waals surface area contributed by atoms with Crippen LogP contribution in [0.4, 0.5) is 0 Å². The minimum absolute atomic E-state index is 0.201. The van der Waals surface area contributed by atoms with Crippen molar-refractivity contribution in [3.63, 3.8) is 0 Å². The quantitative estimate of drug-likeness (QED) is 0.659. The maximum Gasteiger partial charge on any atom is 0.112 e. The third-order valence-electron chi connectivity index (χ3n) is 6.00. The zero-order chi connectivity index (χ0) is 19.1. The first-order valence-electron chi connectivity index (χ1n) is 11.0. The Labute approximate surface area is 166 Å². The molecule has 154 valence electrons. The van der Waals surface area contributed by atoms with Gasteiger partial charge in [0.2, 0.25) is 0 Å². The first-order chi connectivity index (χ1) is 13.1. The Hall–Kier alpha value is -0.880. The molecule has 1 aromatic heterocycles. The van der Waals surface area contributed by atoms with Crippen molar-refractivity contribution in [2.75, 3.05) is 53.4 Å². The topological polar surface area (TPSA) is 23.9 Å². The number of likely N-dealkylation sites (tertiary alicyclic amines) is 2. The van der Waals surface area contributed by atoms with E-state index in [1.54, 1.807) is 0 Å². The molecule has 2 atom stereocenters. The van der Waals surface area contributed by atoms with Crippen molar-refractivity contribution in [3.05, 3.63) is 24.0 Å². The van der Waals surface area contributed by atoms with Crippen LogP contribution < -0.4 is 0 Å². The Kier molecular flexibility index (Phi) is 8.19. The van der Waals surface area contributed by atoms with Gasteiger partial charge in [0.25, 0.3) is 0 Å². The average Bonchev–Trinajstić information content (AvgIpc) is 3.11. The summed E-state index contributed by atoms with van der Waals surface area (Å²) in [6.45, 7) is 10.0. The maximum absolute atomic E-state index is 6.39. The van der Waals surface area contributed by atoms with Crippen molar-refractivity contribution in [1.82, 2.24) is 19.3 Å². The Morgan fingerprint density at radius 3 is 2.33 bits per heavy atom. The SMILES string of the molecule is CC(OCCN1CCCCC1)C(N1CCCCC1)n1ccc(CN(C)C)c1. The van der Waals surface area contributed by atoms with Crippen molar-refractivity contribution in [3.8, 4) is 0 Å². The zero-order valence-corrected chi connectivity index (χ0v) is 17.8. The fraction of sp³-hybridized carbons (Fsp3) is 0.818. The number of aromatic nitrogens is 1. The summed E-state index contributed by atoms with van der Waals surface area (Å²) in [5.74, 6) is 0. The second-order valence-electron chi connectivity index (χ2n) is 8.69. The highest BCUT2D eigenvalue weighted by Gasteiger charge is 2.28. The molecule has 0 aliphatic carbocycles. The van der Waals surface area contributed by atoms with Gasteiger partial charge >= 0.3 is 0 Å². The minimum atomic E-state index is 0.201. The van der Waals surface area contributed by atoms with E-state index in [-0.39, 0.29) is 6.10 Å². The molecule has 2 aliphatic rings. The minimum Gasteiger partial charge on any atom is -0.374 e. The van der Waals surface area contributed by atoms with Crippen LogP contribution in [0.25, 0.3) is 0 Å². The van der Waals surface area contributed by atoms with Gasteiger partial charge in [-0.15, -0.1) is 0 Å². The van der Waals surface area contributed by atoms with Crippen LogP contribution in [0.3, 0.4) is 0 Å². The summed E-state index contributed by atoms with van der Waals surface area (Å²) in [6.07, 6.45) is 13.2. The van der Waals surface area contributed by atoms with Crippen LogP contribution in [0.15, 0.2) is 18.5 Å². The standard InChI is InChI=1S/C22H40N4O/c1-20(27-17-16-24-11-6-4-7-12-24)22(25-13-8-5-9-14-25)26-15-10-21(19-26)18-23(2)3/h10,15,19-20,22H,4-9,11-14,16-18H2,1-3H3. The Morgan fingerprint density at radius 1 is 1.00 bits per heavy atom. The molecule has 0 N–H and O–H groups in total. The third kappa shape index (κ3) is 6.31.